The summed E-state index contributed by atoms with van der Waals surface area (Å²) in [7, 11) is 3.24. The maximum atomic E-state index is 5.98. The number of ether oxygens (including phenoxy) is 4. The summed E-state index contributed by atoms with van der Waals surface area (Å²) < 4.78 is 22.3. The fourth-order valence-electron chi connectivity index (χ4n) is 3.68. The van der Waals surface area contributed by atoms with Crippen molar-refractivity contribution in [3.63, 3.8) is 0 Å². The number of fused-ring (bicyclic) bond motifs is 2. The van der Waals surface area contributed by atoms with Crippen molar-refractivity contribution in [2.45, 2.75) is 6.92 Å². The molecule has 0 atom stereocenters. The van der Waals surface area contributed by atoms with Crippen LogP contribution in [-0.2, 0) is 9.47 Å². The van der Waals surface area contributed by atoms with Crippen LogP contribution in [0.3, 0.4) is 0 Å². The Hall–Kier alpha value is -3.08. The van der Waals surface area contributed by atoms with Gasteiger partial charge in [0.15, 0.2) is 13.6 Å². The molecule has 4 aromatic carbocycles. The summed E-state index contributed by atoms with van der Waals surface area (Å²) in [5, 5.41) is 4.48. The molecule has 0 unspecified atom stereocenters. The predicted molar refractivity (Wildman–Crippen MR) is 117 cm³/mol. The maximum absolute atomic E-state index is 5.98. The molecule has 4 heteroatoms. The van der Waals surface area contributed by atoms with Crippen molar-refractivity contribution in [3.05, 3.63) is 72.3 Å². The molecular formula is C25H24O4. The fourth-order valence-corrected chi connectivity index (χ4v) is 3.68. The zero-order valence-corrected chi connectivity index (χ0v) is 16.9. The molecule has 0 bridgehead atoms. The minimum Gasteiger partial charge on any atom is -0.467 e. The van der Waals surface area contributed by atoms with Crippen LogP contribution in [0.15, 0.2) is 66.7 Å². The third kappa shape index (κ3) is 3.77. The summed E-state index contributed by atoms with van der Waals surface area (Å²) in [5.74, 6) is 1.50. The van der Waals surface area contributed by atoms with E-state index in [1.807, 2.05) is 24.3 Å². The van der Waals surface area contributed by atoms with Gasteiger partial charge in [-0.1, -0.05) is 60.2 Å². The highest BCUT2D eigenvalue weighted by molar-refractivity contribution is 6.09. The Labute approximate surface area is 170 Å². The molecule has 4 nitrogen and oxygen atoms in total. The van der Waals surface area contributed by atoms with Gasteiger partial charge in [-0.25, -0.2) is 0 Å². The van der Waals surface area contributed by atoms with Gasteiger partial charge in [-0.05, 0) is 40.6 Å². The predicted octanol–water partition coefficient (Wildman–Crippen LogP) is 5.93. The number of hydrogen-bond donors (Lipinski definition) is 0. The van der Waals surface area contributed by atoms with Gasteiger partial charge in [0.2, 0.25) is 0 Å². The number of rotatable bonds is 7. The second-order valence-electron chi connectivity index (χ2n) is 6.92. The lowest BCUT2D eigenvalue weighted by atomic mass is 9.91. The number of hydrogen-bond acceptors (Lipinski definition) is 4. The highest BCUT2D eigenvalue weighted by atomic mass is 16.7. The Morgan fingerprint density at radius 1 is 0.621 bits per heavy atom. The van der Waals surface area contributed by atoms with Crippen LogP contribution in [0.5, 0.6) is 11.5 Å². The van der Waals surface area contributed by atoms with Crippen LogP contribution in [0, 0.1) is 6.92 Å². The van der Waals surface area contributed by atoms with E-state index in [1.54, 1.807) is 14.2 Å². The van der Waals surface area contributed by atoms with Gasteiger partial charge in [-0.2, -0.15) is 0 Å². The second-order valence-corrected chi connectivity index (χ2v) is 6.92. The van der Waals surface area contributed by atoms with Gasteiger partial charge in [0.05, 0.1) is 0 Å². The van der Waals surface area contributed by atoms with Gasteiger partial charge in [-0.3, -0.25) is 0 Å². The zero-order chi connectivity index (χ0) is 20.2. The summed E-state index contributed by atoms with van der Waals surface area (Å²) in [6, 6.07) is 22.9. The highest BCUT2D eigenvalue weighted by Crippen LogP contribution is 2.45. The molecule has 0 amide bonds. The number of benzene rings is 4. The van der Waals surface area contributed by atoms with Crippen molar-refractivity contribution in [1.82, 2.24) is 0 Å². The molecule has 29 heavy (non-hydrogen) atoms. The molecule has 0 heterocycles. The molecule has 4 aromatic rings. The van der Waals surface area contributed by atoms with E-state index >= 15 is 0 Å². The van der Waals surface area contributed by atoms with Gasteiger partial charge in [0.25, 0.3) is 0 Å². The lowest BCUT2D eigenvalue weighted by Crippen LogP contribution is -2.03. The summed E-state index contributed by atoms with van der Waals surface area (Å²) in [6.07, 6.45) is 0. The molecule has 0 saturated heterocycles. The summed E-state index contributed by atoms with van der Waals surface area (Å²) in [5.41, 5.74) is 3.19. The molecule has 0 aliphatic heterocycles. The molecule has 0 saturated carbocycles. The maximum Gasteiger partial charge on any atom is 0.188 e. The smallest absolute Gasteiger partial charge is 0.188 e. The van der Waals surface area contributed by atoms with Gasteiger partial charge in [0.1, 0.15) is 11.5 Å². The molecule has 0 aliphatic carbocycles. The van der Waals surface area contributed by atoms with Crippen LogP contribution in [0.4, 0.5) is 0 Å². The first-order chi connectivity index (χ1) is 14.2. The minimum atomic E-state index is 0.170. The van der Waals surface area contributed by atoms with Crippen molar-refractivity contribution in [2.75, 3.05) is 27.8 Å². The largest absolute Gasteiger partial charge is 0.467 e. The Morgan fingerprint density at radius 3 is 1.86 bits per heavy atom. The lowest BCUT2D eigenvalue weighted by molar-refractivity contribution is 0.0502. The Balaban J connectivity index is 2.08. The molecule has 0 N–H and O–H groups in total. The van der Waals surface area contributed by atoms with E-state index in [4.69, 9.17) is 18.9 Å². The molecule has 0 fully saturated rings. The van der Waals surface area contributed by atoms with Crippen molar-refractivity contribution in [1.29, 1.82) is 0 Å². The lowest BCUT2D eigenvalue weighted by Gasteiger charge is -2.19. The van der Waals surface area contributed by atoms with Crippen LogP contribution in [-0.4, -0.2) is 27.8 Å². The normalized spacial score (nSPS) is 11.1. The first-order valence-corrected chi connectivity index (χ1v) is 9.52. The molecule has 0 aromatic heterocycles. The summed E-state index contributed by atoms with van der Waals surface area (Å²) >= 11 is 0. The van der Waals surface area contributed by atoms with E-state index in [0.717, 1.165) is 44.2 Å². The number of aryl methyl sites for hydroxylation is 1. The van der Waals surface area contributed by atoms with E-state index in [1.165, 1.54) is 5.56 Å². The van der Waals surface area contributed by atoms with E-state index < -0.39 is 0 Å². The third-order valence-electron chi connectivity index (χ3n) is 4.94. The van der Waals surface area contributed by atoms with Gasteiger partial charge in [0, 0.05) is 25.3 Å². The molecule has 148 valence electrons. The average molecular weight is 388 g/mol. The van der Waals surface area contributed by atoms with Crippen LogP contribution in [0.2, 0.25) is 0 Å². The van der Waals surface area contributed by atoms with E-state index in [0.29, 0.717) is 0 Å². The summed E-state index contributed by atoms with van der Waals surface area (Å²) in [4.78, 5) is 0. The Bertz CT molecular complexity index is 1150. The van der Waals surface area contributed by atoms with Gasteiger partial charge >= 0.3 is 0 Å². The molecule has 0 spiro atoms. The number of methoxy groups -OCH3 is 2. The first kappa shape index (κ1) is 19.2. The third-order valence-corrected chi connectivity index (χ3v) is 4.94. The average Bonchev–Trinajstić information content (AvgIpc) is 2.75. The monoisotopic (exact) mass is 388 g/mol. The van der Waals surface area contributed by atoms with Crippen LogP contribution < -0.4 is 9.47 Å². The second kappa shape index (κ2) is 8.52. The van der Waals surface area contributed by atoms with E-state index in [2.05, 4.69) is 49.4 Å². The summed E-state index contributed by atoms with van der Waals surface area (Å²) in [6.45, 7) is 2.44. The first-order valence-electron chi connectivity index (χ1n) is 9.52. The highest BCUT2D eigenvalue weighted by Gasteiger charge is 2.19. The van der Waals surface area contributed by atoms with E-state index in [9.17, 15) is 0 Å². The molecular weight excluding hydrogens is 364 g/mol. The van der Waals surface area contributed by atoms with Gasteiger partial charge in [-0.15, -0.1) is 0 Å². The van der Waals surface area contributed by atoms with Crippen LogP contribution in [0.1, 0.15) is 5.56 Å². The molecule has 0 aliphatic rings. The van der Waals surface area contributed by atoms with Crippen molar-refractivity contribution < 1.29 is 18.9 Å². The van der Waals surface area contributed by atoms with E-state index in [-0.39, 0.29) is 13.6 Å². The van der Waals surface area contributed by atoms with Gasteiger partial charge < -0.3 is 18.9 Å². The topological polar surface area (TPSA) is 36.9 Å². The zero-order valence-electron chi connectivity index (χ0n) is 16.9. The Kier molecular flexibility index (Phi) is 5.65. The SMILES string of the molecule is COCOc1ccc2ccccc2c1-c1c(OCOC)ccc2cc(C)ccc12. The van der Waals surface area contributed by atoms with Crippen molar-refractivity contribution in [2.24, 2.45) is 0 Å². The molecule has 0 radical (unpaired) electrons. The standard InChI is InChI=1S/C25H24O4/c1-17-8-11-21-19(14-17)10-13-23(29-16-27-3)25(21)24-20-7-5-4-6-18(20)9-12-22(24)28-15-26-2/h4-14H,15-16H2,1-3H3. The fraction of sp³-hybridized carbons (Fsp3) is 0.200. The van der Waals surface area contributed by atoms with Crippen LogP contribution >= 0.6 is 0 Å². The minimum absolute atomic E-state index is 0.170. The van der Waals surface area contributed by atoms with Crippen molar-refractivity contribution in [3.8, 4) is 22.6 Å². The van der Waals surface area contributed by atoms with Crippen LogP contribution in [0.25, 0.3) is 32.7 Å². The molecule has 4 rings (SSSR count). The van der Waals surface area contributed by atoms with Crippen molar-refractivity contribution >= 4 is 21.5 Å². The Morgan fingerprint density at radius 2 is 1.21 bits per heavy atom. The quantitative estimate of drug-likeness (QED) is 0.368.